The average molecular weight is 369 g/mol. The van der Waals surface area contributed by atoms with Gasteiger partial charge in [0.1, 0.15) is 6.17 Å². The molecule has 1 N–H and O–H groups in total. The summed E-state index contributed by atoms with van der Waals surface area (Å²) in [6.07, 6.45) is 8.86. The van der Waals surface area contributed by atoms with Gasteiger partial charge in [0, 0.05) is 36.5 Å². The van der Waals surface area contributed by atoms with Crippen LogP contribution in [0, 0.1) is 0 Å². The number of hydrogen-bond donors (Lipinski definition) is 1. The van der Waals surface area contributed by atoms with Crippen molar-refractivity contribution in [1.29, 1.82) is 0 Å². The first-order valence-corrected chi connectivity index (χ1v) is 9.59. The van der Waals surface area contributed by atoms with Crippen LogP contribution in [0.3, 0.4) is 0 Å². The van der Waals surface area contributed by atoms with Gasteiger partial charge in [0.05, 0.1) is 17.5 Å². The van der Waals surface area contributed by atoms with E-state index in [4.69, 9.17) is 4.98 Å². The molecule has 0 amide bonds. The number of H-pyrrole nitrogens is 1. The summed E-state index contributed by atoms with van der Waals surface area (Å²) in [4.78, 5) is 4.92. The topological polar surface area (TPSA) is 85.2 Å². The van der Waals surface area contributed by atoms with E-state index < -0.39 is 6.17 Å². The molecule has 27 heavy (non-hydrogen) atoms. The minimum absolute atomic E-state index is 0.251. The number of tetrazole rings is 1. The van der Waals surface area contributed by atoms with Gasteiger partial charge in [-0.2, -0.15) is 10.3 Å². The van der Waals surface area contributed by atoms with Gasteiger partial charge in [-0.15, -0.1) is 10.2 Å². The van der Waals surface area contributed by atoms with E-state index in [1.54, 1.807) is 4.68 Å². The molecule has 3 heterocycles. The number of aryl methyl sites for hydroxylation is 2. The maximum absolute atomic E-state index is 14.4. The Balaban J connectivity index is 2.01. The lowest BCUT2D eigenvalue weighted by molar-refractivity contribution is 0.321. The van der Waals surface area contributed by atoms with Crippen molar-refractivity contribution in [2.45, 2.75) is 58.0 Å². The smallest absolute Gasteiger partial charge is 0.207 e. The lowest BCUT2D eigenvalue weighted by Gasteiger charge is -2.19. The van der Waals surface area contributed by atoms with Gasteiger partial charge in [-0.05, 0) is 42.9 Å². The Morgan fingerprint density at radius 2 is 2.07 bits per heavy atom. The van der Waals surface area contributed by atoms with Crippen molar-refractivity contribution in [3.8, 4) is 22.5 Å². The van der Waals surface area contributed by atoms with E-state index in [1.807, 2.05) is 26.4 Å². The van der Waals surface area contributed by atoms with Crippen molar-refractivity contribution in [3.05, 3.63) is 29.3 Å². The maximum atomic E-state index is 14.4. The molecular formula is C19H24FN7. The van der Waals surface area contributed by atoms with Gasteiger partial charge in [-0.1, -0.05) is 13.3 Å². The standard InChI is InChI=1S/C19H24FN7/c1-3-13(20)9-16-18(19-23-25-26-24-19)17(12-10-21-27(2)11-12)14-7-5-4-6-8-15(14)22-16/h10-11,13H,3-9H2,1-2H3,(H,23,24,25,26). The summed E-state index contributed by atoms with van der Waals surface area (Å²) < 4.78 is 16.1. The summed E-state index contributed by atoms with van der Waals surface area (Å²) in [6, 6.07) is 0. The molecule has 1 aliphatic carbocycles. The molecule has 0 radical (unpaired) electrons. The molecule has 0 aromatic carbocycles. The number of alkyl halides is 1. The number of fused-ring (bicyclic) bond motifs is 1. The van der Waals surface area contributed by atoms with Crippen molar-refractivity contribution in [1.82, 2.24) is 35.4 Å². The fraction of sp³-hybridized carbons (Fsp3) is 0.526. The van der Waals surface area contributed by atoms with Gasteiger partial charge >= 0.3 is 0 Å². The summed E-state index contributed by atoms with van der Waals surface area (Å²) in [6.45, 7) is 1.85. The van der Waals surface area contributed by atoms with Crippen molar-refractivity contribution in [2.75, 3.05) is 0 Å². The normalized spacial score (nSPS) is 15.4. The molecule has 1 atom stereocenters. The van der Waals surface area contributed by atoms with E-state index >= 15 is 0 Å². The molecule has 142 valence electrons. The van der Waals surface area contributed by atoms with Crippen LogP contribution >= 0.6 is 0 Å². The first-order chi connectivity index (χ1) is 13.2. The molecule has 0 saturated carbocycles. The Labute approximate surface area is 157 Å². The van der Waals surface area contributed by atoms with E-state index in [-0.39, 0.29) is 6.42 Å². The minimum atomic E-state index is -0.950. The van der Waals surface area contributed by atoms with Crippen molar-refractivity contribution in [2.24, 2.45) is 7.05 Å². The third-order valence-electron chi connectivity index (χ3n) is 5.22. The molecule has 3 aromatic rings. The lowest BCUT2D eigenvalue weighted by atomic mass is 9.90. The quantitative estimate of drug-likeness (QED) is 0.698. The van der Waals surface area contributed by atoms with E-state index in [0.29, 0.717) is 17.9 Å². The summed E-state index contributed by atoms with van der Waals surface area (Å²) in [5.74, 6) is 0.465. The molecule has 0 aliphatic heterocycles. The molecule has 0 bridgehead atoms. The third-order valence-corrected chi connectivity index (χ3v) is 5.22. The Morgan fingerprint density at radius 3 is 2.78 bits per heavy atom. The van der Waals surface area contributed by atoms with Crippen LogP contribution in [0.25, 0.3) is 22.5 Å². The largest absolute Gasteiger partial charge is 0.275 e. The predicted octanol–water partition coefficient (Wildman–Crippen LogP) is 3.22. The maximum Gasteiger partial charge on any atom is 0.207 e. The zero-order valence-corrected chi connectivity index (χ0v) is 15.7. The molecule has 1 aliphatic rings. The lowest BCUT2D eigenvalue weighted by Crippen LogP contribution is -2.12. The second kappa shape index (κ2) is 7.54. The Hall–Kier alpha value is -2.64. The van der Waals surface area contributed by atoms with E-state index in [1.165, 1.54) is 12.0 Å². The van der Waals surface area contributed by atoms with Crippen LogP contribution in [0.15, 0.2) is 12.4 Å². The van der Waals surface area contributed by atoms with Crippen molar-refractivity contribution < 1.29 is 4.39 Å². The highest BCUT2D eigenvalue weighted by molar-refractivity contribution is 5.84. The number of nitrogens with one attached hydrogen (secondary N) is 1. The summed E-state index contributed by atoms with van der Waals surface area (Å²) in [5.41, 5.74) is 5.83. The Bertz CT molecular complexity index is 917. The van der Waals surface area contributed by atoms with E-state index in [2.05, 4.69) is 25.7 Å². The number of aromatic amines is 1. The predicted molar refractivity (Wildman–Crippen MR) is 99.8 cm³/mol. The molecule has 4 rings (SSSR count). The average Bonchev–Trinajstić information content (AvgIpc) is 3.28. The fourth-order valence-electron chi connectivity index (χ4n) is 3.85. The molecular weight excluding hydrogens is 345 g/mol. The van der Waals surface area contributed by atoms with Crippen LogP contribution in [0.2, 0.25) is 0 Å². The molecule has 0 saturated heterocycles. The van der Waals surface area contributed by atoms with Crippen LogP contribution < -0.4 is 0 Å². The monoisotopic (exact) mass is 369 g/mol. The number of nitrogens with zero attached hydrogens (tertiary/aromatic N) is 6. The highest BCUT2D eigenvalue weighted by atomic mass is 19.1. The Kier molecular flexibility index (Phi) is 4.96. The van der Waals surface area contributed by atoms with Gasteiger partial charge in [-0.3, -0.25) is 9.67 Å². The summed E-state index contributed by atoms with van der Waals surface area (Å²) in [5, 5.41) is 19.0. The highest BCUT2D eigenvalue weighted by Crippen LogP contribution is 2.39. The summed E-state index contributed by atoms with van der Waals surface area (Å²) >= 11 is 0. The molecule has 0 spiro atoms. The zero-order valence-electron chi connectivity index (χ0n) is 15.7. The van der Waals surface area contributed by atoms with Gasteiger partial charge in [0.2, 0.25) is 5.82 Å². The van der Waals surface area contributed by atoms with Crippen molar-refractivity contribution in [3.63, 3.8) is 0 Å². The Morgan fingerprint density at radius 1 is 1.22 bits per heavy atom. The molecule has 3 aromatic heterocycles. The number of halogens is 1. The second-order valence-corrected chi connectivity index (χ2v) is 7.14. The number of hydrogen-bond acceptors (Lipinski definition) is 5. The zero-order chi connectivity index (χ0) is 18.8. The number of aromatic nitrogens is 7. The van der Waals surface area contributed by atoms with Crippen LogP contribution in [0.5, 0.6) is 0 Å². The highest BCUT2D eigenvalue weighted by Gasteiger charge is 2.26. The first kappa shape index (κ1) is 17.8. The summed E-state index contributed by atoms with van der Waals surface area (Å²) in [7, 11) is 1.90. The van der Waals surface area contributed by atoms with Crippen LogP contribution in [0.1, 0.15) is 49.6 Å². The van der Waals surface area contributed by atoms with Crippen LogP contribution in [0.4, 0.5) is 4.39 Å². The number of rotatable bonds is 5. The molecule has 1 unspecified atom stereocenters. The van der Waals surface area contributed by atoms with E-state index in [9.17, 15) is 4.39 Å². The van der Waals surface area contributed by atoms with Gasteiger partial charge in [0.15, 0.2) is 0 Å². The van der Waals surface area contributed by atoms with Crippen LogP contribution in [-0.4, -0.2) is 41.6 Å². The number of pyridine rings is 1. The second-order valence-electron chi connectivity index (χ2n) is 7.14. The van der Waals surface area contributed by atoms with E-state index in [0.717, 1.165) is 48.1 Å². The fourth-order valence-corrected chi connectivity index (χ4v) is 3.85. The third kappa shape index (κ3) is 3.48. The van der Waals surface area contributed by atoms with Gasteiger partial charge < -0.3 is 0 Å². The van der Waals surface area contributed by atoms with Gasteiger partial charge in [-0.25, -0.2) is 4.39 Å². The first-order valence-electron chi connectivity index (χ1n) is 9.59. The van der Waals surface area contributed by atoms with Crippen LogP contribution in [-0.2, 0) is 26.3 Å². The minimum Gasteiger partial charge on any atom is -0.275 e. The molecule has 0 fully saturated rings. The molecule has 7 nitrogen and oxygen atoms in total. The van der Waals surface area contributed by atoms with Gasteiger partial charge in [0.25, 0.3) is 0 Å². The SMILES string of the molecule is CCC(F)Cc1nc2c(c(-c3cnn(C)c3)c1-c1nn[nH]n1)CCCCC2. The van der Waals surface area contributed by atoms with Crippen molar-refractivity contribution >= 4 is 0 Å². The molecule has 8 heteroatoms.